The van der Waals surface area contributed by atoms with Gasteiger partial charge in [-0.05, 0) is 18.2 Å². The number of carbonyl (C=O) groups is 1. The van der Waals surface area contributed by atoms with Crippen molar-refractivity contribution in [2.24, 2.45) is 0 Å². The Morgan fingerprint density at radius 2 is 1.92 bits per heavy atom. The second kappa shape index (κ2) is 8.25. The largest absolute Gasteiger partial charge is 0.495 e. The third kappa shape index (κ3) is 3.84. The van der Waals surface area contributed by atoms with Crippen molar-refractivity contribution >= 4 is 29.3 Å². The quantitative estimate of drug-likeness (QED) is 0.471. The van der Waals surface area contributed by atoms with Gasteiger partial charge in [-0.1, -0.05) is 53.7 Å². The van der Waals surface area contributed by atoms with E-state index in [1.807, 2.05) is 41.0 Å². The molecule has 134 valence electrons. The molecule has 2 aromatic carbocycles. The lowest BCUT2D eigenvalue weighted by molar-refractivity contribution is -0.137. The van der Waals surface area contributed by atoms with Gasteiger partial charge in [-0.3, -0.25) is 9.36 Å². The normalized spacial score (nSPS) is 10.6. The van der Waals surface area contributed by atoms with E-state index in [0.29, 0.717) is 21.8 Å². The number of hydrogen-bond donors (Lipinski definition) is 0. The summed E-state index contributed by atoms with van der Waals surface area (Å²) in [4.78, 5) is 11.5. The van der Waals surface area contributed by atoms with Gasteiger partial charge < -0.3 is 9.47 Å². The highest BCUT2D eigenvalue weighted by Crippen LogP contribution is 2.32. The topological polar surface area (TPSA) is 66.2 Å². The summed E-state index contributed by atoms with van der Waals surface area (Å²) in [7, 11) is 2.92. The molecule has 6 nitrogen and oxygen atoms in total. The summed E-state index contributed by atoms with van der Waals surface area (Å²) in [6.45, 7) is 0. The van der Waals surface area contributed by atoms with E-state index >= 15 is 0 Å². The maximum atomic E-state index is 11.5. The third-order valence-corrected chi connectivity index (χ3v) is 4.80. The van der Waals surface area contributed by atoms with E-state index in [9.17, 15) is 4.79 Å². The van der Waals surface area contributed by atoms with Gasteiger partial charge >= 0.3 is 5.97 Å². The number of halogens is 1. The highest BCUT2D eigenvalue weighted by molar-refractivity contribution is 7.99. The van der Waals surface area contributed by atoms with Gasteiger partial charge in [0.2, 0.25) is 0 Å². The molecule has 1 heterocycles. The maximum absolute atomic E-state index is 11.5. The molecule has 3 aromatic rings. The van der Waals surface area contributed by atoms with Gasteiger partial charge in [0.05, 0.1) is 30.7 Å². The summed E-state index contributed by atoms with van der Waals surface area (Å²) in [5, 5.41) is 9.58. The van der Waals surface area contributed by atoms with Crippen LogP contribution in [0.5, 0.6) is 5.75 Å². The Morgan fingerprint density at radius 3 is 2.58 bits per heavy atom. The average Bonchev–Trinajstić information content (AvgIpc) is 3.10. The van der Waals surface area contributed by atoms with Gasteiger partial charge in [0.1, 0.15) is 5.75 Å². The number of carbonyl (C=O) groups excluding carboxylic acids is 1. The molecule has 0 aliphatic rings. The zero-order chi connectivity index (χ0) is 18.5. The van der Waals surface area contributed by atoms with Crippen LogP contribution in [0.4, 0.5) is 0 Å². The molecule has 0 bridgehead atoms. The fraction of sp³-hybridized carbons (Fsp3) is 0.167. The van der Waals surface area contributed by atoms with Crippen LogP contribution >= 0.6 is 23.4 Å². The second-order valence-electron chi connectivity index (χ2n) is 5.19. The maximum Gasteiger partial charge on any atom is 0.316 e. The number of esters is 1. The summed E-state index contributed by atoms with van der Waals surface area (Å²) in [5.41, 5.74) is 1.67. The summed E-state index contributed by atoms with van der Waals surface area (Å²) in [6.07, 6.45) is 0. The fourth-order valence-electron chi connectivity index (χ4n) is 2.35. The molecule has 0 radical (unpaired) electrons. The van der Waals surface area contributed by atoms with Crippen molar-refractivity contribution in [1.29, 1.82) is 0 Å². The van der Waals surface area contributed by atoms with Gasteiger partial charge in [-0.25, -0.2) is 0 Å². The van der Waals surface area contributed by atoms with Crippen LogP contribution in [-0.4, -0.2) is 40.7 Å². The zero-order valence-electron chi connectivity index (χ0n) is 14.2. The Bertz CT molecular complexity index is 915. The number of hydrogen-bond acceptors (Lipinski definition) is 6. The number of methoxy groups -OCH3 is 2. The first kappa shape index (κ1) is 18.3. The number of rotatable bonds is 6. The highest BCUT2D eigenvalue weighted by atomic mass is 35.5. The molecule has 0 unspecified atom stereocenters. The van der Waals surface area contributed by atoms with E-state index in [-0.39, 0.29) is 11.7 Å². The monoisotopic (exact) mass is 389 g/mol. The molecule has 0 N–H and O–H groups in total. The first-order valence-corrected chi connectivity index (χ1v) is 9.04. The van der Waals surface area contributed by atoms with Crippen LogP contribution < -0.4 is 4.74 Å². The minimum absolute atomic E-state index is 0.132. The number of aromatic nitrogens is 3. The van der Waals surface area contributed by atoms with Crippen LogP contribution in [0.2, 0.25) is 5.02 Å². The van der Waals surface area contributed by atoms with E-state index in [4.69, 9.17) is 21.1 Å². The SMILES string of the molecule is COC(=O)CSc1nnc(-c2ccccc2)n1-c1ccc(OC)c(Cl)c1. The number of ether oxygens (including phenoxy) is 2. The molecular weight excluding hydrogens is 374 g/mol. The molecule has 0 aliphatic heterocycles. The van der Waals surface area contributed by atoms with Crippen molar-refractivity contribution in [3.05, 3.63) is 53.6 Å². The minimum Gasteiger partial charge on any atom is -0.495 e. The van der Waals surface area contributed by atoms with E-state index < -0.39 is 0 Å². The molecular formula is C18H16ClN3O3S. The molecule has 0 spiro atoms. The molecule has 0 amide bonds. The predicted octanol–water partition coefficient (Wildman–Crippen LogP) is 3.86. The molecule has 8 heteroatoms. The Morgan fingerprint density at radius 1 is 1.15 bits per heavy atom. The van der Waals surface area contributed by atoms with Crippen molar-refractivity contribution in [1.82, 2.24) is 14.8 Å². The van der Waals surface area contributed by atoms with Crippen molar-refractivity contribution in [2.75, 3.05) is 20.0 Å². The first-order valence-electron chi connectivity index (χ1n) is 7.68. The number of benzene rings is 2. The lowest BCUT2D eigenvalue weighted by atomic mass is 10.2. The van der Waals surface area contributed by atoms with Crippen LogP contribution in [0.15, 0.2) is 53.7 Å². The lowest BCUT2D eigenvalue weighted by Gasteiger charge is -2.12. The van der Waals surface area contributed by atoms with Crippen LogP contribution in [0.25, 0.3) is 17.1 Å². The van der Waals surface area contributed by atoms with Crippen molar-refractivity contribution in [3.8, 4) is 22.8 Å². The summed E-state index contributed by atoms with van der Waals surface area (Å²) in [5.74, 6) is 1.03. The first-order chi connectivity index (χ1) is 12.6. The summed E-state index contributed by atoms with van der Waals surface area (Å²) < 4.78 is 11.8. The smallest absolute Gasteiger partial charge is 0.316 e. The Kier molecular flexibility index (Phi) is 5.80. The Labute approximate surface area is 160 Å². The molecule has 1 aromatic heterocycles. The van der Waals surface area contributed by atoms with Gasteiger partial charge in [0.15, 0.2) is 11.0 Å². The minimum atomic E-state index is -0.335. The predicted molar refractivity (Wildman–Crippen MR) is 101 cm³/mol. The van der Waals surface area contributed by atoms with Crippen LogP contribution in [0.1, 0.15) is 0 Å². The third-order valence-electron chi connectivity index (χ3n) is 3.61. The number of thioether (sulfide) groups is 1. The Hall–Kier alpha value is -2.51. The van der Waals surface area contributed by atoms with Crippen molar-refractivity contribution in [3.63, 3.8) is 0 Å². The molecule has 26 heavy (non-hydrogen) atoms. The van der Waals surface area contributed by atoms with Gasteiger partial charge in [-0.2, -0.15) is 0 Å². The van der Waals surface area contributed by atoms with Gasteiger partial charge in [0.25, 0.3) is 0 Å². The van der Waals surface area contributed by atoms with Crippen LogP contribution in [0, 0.1) is 0 Å². The van der Waals surface area contributed by atoms with E-state index in [2.05, 4.69) is 10.2 Å². The molecule has 0 saturated carbocycles. The highest BCUT2D eigenvalue weighted by Gasteiger charge is 2.18. The van der Waals surface area contributed by atoms with Crippen molar-refractivity contribution in [2.45, 2.75) is 5.16 Å². The number of nitrogens with zero attached hydrogens (tertiary/aromatic N) is 3. The average molecular weight is 390 g/mol. The van der Waals surface area contributed by atoms with Crippen molar-refractivity contribution < 1.29 is 14.3 Å². The molecule has 0 atom stereocenters. The fourth-order valence-corrected chi connectivity index (χ4v) is 3.38. The lowest BCUT2D eigenvalue weighted by Crippen LogP contribution is -2.05. The Balaban J connectivity index is 2.08. The molecule has 0 saturated heterocycles. The van der Waals surface area contributed by atoms with Crippen LogP contribution in [0.3, 0.4) is 0 Å². The standard InChI is InChI=1S/C18H16ClN3O3S/c1-24-15-9-8-13(10-14(15)19)22-17(12-6-4-3-5-7-12)20-21-18(22)26-11-16(23)25-2/h3-10H,11H2,1-2H3. The second-order valence-corrected chi connectivity index (χ2v) is 6.54. The van der Waals surface area contributed by atoms with Gasteiger partial charge in [-0.15, -0.1) is 10.2 Å². The molecule has 0 fully saturated rings. The van der Waals surface area contributed by atoms with Gasteiger partial charge in [0, 0.05) is 5.56 Å². The van der Waals surface area contributed by atoms with E-state index in [0.717, 1.165) is 11.3 Å². The molecule has 3 rings (SSSR count). The zero-order valence-corrected chi connectivity index (χ0v) is 15.8. The van der Waals surface area contributed by atoms with Crippen LogP contribution in [-0.2, 0) is 9.53 Å². The summed E-state index contributed by atoms with van der Waals surface area (Å²) >= 11 is 7.53. The summed E-state index contributed by atoms with van der Waals surface area (Å²) in [6, 6.07) is 15.1. The van der Waals surface area contributed by atoms with E-state index in [1.165, 1.54) is 18.9 Å². The molecule has 0 aliphatic carbocycles. The van der Waals surface area contributed by atoms with E-state index in [1.54, 1.807) is 19.2 Å².